The van der Waals surface area contributed by atoms with E-state index in [-0.39, 0.29) is 11.9 Å². The fourth-order valence-corrected chi connectivity index (χ4v) is 2.54. The van der Waals surface area contributed by atoms with E-state index in [9.17, 15) is 4.79 Å². The smallest absolute Gasteiger partial charge is 0.289 e. The van der Waals surface area contributed by atoms with Crippen LogP contribution in [-0.2, 0) is 0 Å². The van der Waals surface area contributed by atoms with Gasteiger partial charge in [0.2, 0.25) is 0 Å². The van der Waals surface area contributed by atoms with Crippen LogP contribution < -0.4 is 5.32 Å². The first-order valence-electron chi connectivity index (χ1n) is 5.99. The highest BCUT2D eigenvalue weighted by atomic mass is 79.9. The molecule has 0 spiro atoms. The van der Waals surface area contributed by atoms with Crippen LogP contribution in [-0.4, -0.2) is 36.5 Å². The molecule has 17 heavy (non-hydrogen) atoms. The molecule has 4 nitrogen and oxygen atoms in total. The number of hydrogen-bond acceptors (Lipinski definition) is 3. The van der Waals surface area contributed by atoms with Crippen LogP contribution in [0.5, 0.6) is 0 Å². The SMILES string of the molecule is CCN(C(=O)c1ccc(Br)o1)C1CCCNC1. The molecule has 2 rings (SSSR count). The molecule has 94 valence electrons. The molecule has 0 aliphatic carbocycles. The van der Waals surface area contributed by atoms with Crippen LogP contribution in [0.3, 0.4) is 0 Å². The Morgan fingerprint density at radius 2 is 2.47 bits per heavy atom. The largest absolute Gasteiger partial charge is 0.444 e. The highest BCUT2D eigenvalue weighted by Gasteiger charge is 2.26. The third kappa shape index (κ3) is 2.90. The summed E-state index contributed by atoms with van der Waals surface area (Å²) >= 11 is 3.22. The van der Waals surface area contributed by atoms with Crippen LogP contribution in [0.4, 0.5) is 0 Å². The molecule has 1 atom stereocenters. The molecule has 1 unspecified atom stereocenters. The molecular weight excluding hydrogens is 284 g/mol. The average molecular weight is 301 g/mol. The quantitative estimate of drug-likeness (QED) is 0.931. The van der Waals surface area contributed by atoms with E-state index in [1.165, 1.54) is 0 Å². The number of amides is 1. The minimum absolute atomic E-state index is 0.0214. The number of furan rings is 1. The fraction of sp³-hybridized carbons (Fsp3) is 0.583. The third-order valence-electron chi connectivity index (χ3n) is 3.10. The molecule has 1 aromatic heterocycles. The van der Waals surface area contributed by atoms with E-state index in [1.54, 1.807) is 12.1 Å². The van der Waals surface area contributed by atoms with Crippen LogP contribution in [0.15, 0.2) is 21.2 Å². The summed E-state index contributed by atoms with van der Waals surface area (Å²) in [5.74, 6) is 0.385. The number of halogens is 1. The maximum Gasteiger partial charge on any atom is 0.289 e. The minimum atomic E-state index is -0.0214. The number of rotatable bonds is 3. The van der Waals surface area contributed by atoms with Crippen molar-refractivity contribution < 1.29 is 9.21 Å². The van der Waals surface area contributed by atoms with Gasteiger partial charge in [-0.15, -0.1) is 0 Å². The summed E-state index contributed by atoms with van der Waals surface area (Å²) in [6.45, 7) is 4.64. The summed E-state index contributed by atoms with van der Waals surface area (Å²) in [4.78, 5) is 14.2. The normalized spacial score (nSPS) is 20.2. The van der Waals surface area contributed by atoms with Crippen molar-refractivity contribution in [2.75, 3.05) is 19.6 Å². The van der Waals surface area contributed by atoms with Gasteiger partial charge in [0.15, 0.2) is 10.4 Å². The molecule has 1 amide bonds. The highest BCUT2D eigenvalue weighted by Crippen LogP contribution is 2.18. The van der Waals surface area contributed by atoms with E-state index in [0.29, 0.717) is 17.0 Å². The lowest BCUT2D eigenvalue weighted by Gasteiger charge is -2.33. The Balaban J connectivity index is 2.09. The number of likely N-dealkylation sites (N-methyl/N-ethyl adjacent to an activating group) is 1. The van der Waals surface area contributed by atoms with E-state index in [2.05, 4.69) is 21.2 Å². The maximum absolute atomic E-state index is 12.3. The monoisotopic (exact) mass is 300 g/mol. The zero-order valence-electron chi connectivity index (χ0n) is 9.91. The van der Waals surface area contributed by atoms with E-state index in [0.717, 1.165) is 25.9 Å². The highest BCUT2D eigenvalue weighted by molar-refractivity contribution is 9.10. The molecule has 5 heteroatoms. The third-order valence-corrected chi connectivity index (χ3v) is 3.52. The Bertz CT molecular complexity index is 386. The fourth-order valence-electron chi connectivity index (χ4n) is 2.24. The number of nitrogens with one attached hydrogen (secondary N) is 1. The molecule has 1 saturated heterocycles. The summed E-state index contributed by atoms with van der Waals surface area (Å²) in [7, 11) is 0. The van der Waals surface area contributed by atoms with Crippen LogP contribution in [0.1, 0.15) is 30.3 Å². The Labute approximate surface area is 109 Å². The zero-order valence-corrected chi connectivity index (χ0v) is 11.5. The van der Waals surface area contributed by atoms with Crippen molar-refractivity contribution in [1.82, 2.24) is 10.2 Å². The van der Waals surface area contributed by atoms with Gasteiger partial charge >= 0.3 is 0 Å². The van der Waals surface area contributed by atoms with Crippen molar-refractivity contribution in [3.63, 3.8) is 0 Å². The van der Waals surface area contributed by atoms with E-state index >= 15 is 0 Å². The predicted octanol–water partition coefficient (Wildman–Crippen LogP) is 2.26. The Morgan fingerprint density at radius 1 is 1.65 bits per heavy atom. The molecule has 0 saturated carbocycles. The summed E-state index contributed by atoms with van der Waals surface area (Å²) in [5.41, 5.74) is 0. The molecule has 1 aliphatic heterocycles. The molecular formula is C12H17BrN2O2. The number of nitrogens with zero attached hydrogens (tertiary/aromatic N) is 1. The molecule has 1 aromatic rings. The van der Waals surface area contributed by atoms with E-state index in [4.69, 9.17) is 4.42 Å². The molecule has 0 bridgehead atoms. The predicted molar refractivity (Wildman–Crippen MR) is 69.0 cm³/mol. The number of piperidine rings is 1. The van der Waals surface area contributed by atoms with Gasteiger partial charge in [0, 0.05) is 19.1 Å². The summed E-state index contributed by atoms with van der Waals surface area (Å²) in [6.07, 6.45) is 2.19. The molecule has 2 heterocycles. The summed E-state index contributed by atoms with van der Waals surface area (Å²) in [6, 6.07) is 3.75. The second kappa shape index (κ2) is 5.69. The summed E-state index contributed by atoms with van der Waals surface area (Å²) < 4.78 is 5.92. The van der Waals surface area contributed by atoms with Gasteiger partial charge in [-0.1, -0.05) is 0 Å². The first-order valence-corrected chi connectivity index (χ1v) is 6.78. The van der Waals surface area contributed by atoms with Crippen LogP contribution in [0, 0.1) is 0 Å². The van der Waals surface area contributed by atoms with Crippen molar-refractivity contribution in [3.8, 4) is 0 Å². The van der Waals surface area contributed by atoms with Gasteiger partial charge < -0.3 is 14.6 Å². The zero-order chi connectivity index (χ0) is 12.3. The van der Waals surface area contributed by atoms with Gasteiger partial charge in [-0.05, 0) is 54.4 Å². The molecule has 1 N–H and O–H groups in total. The van der Waals surface area contributed by atoms with Gasteiger partial charge in [0.1, 0.15) is 0 Å². The minimum Gasteiger partial charge on any atom is -0.444 e. The van der Waals surface area contributed by atoms with Crippen LogP contribution in [0.25, 0.3) is 0 Å². The van der Waals surface area contributed by atoms with Gasteiger partial charge in [-0.3, -0.25) is 4.79 Å². The standard InChI is InChI=1S/C12H17BrN2O2/c1-2-15(9-4-3-7-14-8-9)12(16)10-5-6-11(13)17-10/h5-6,9,14H,2-4,7-8H2,1H3. The first-order chi connectivity index (χ1) is 8.22. The molecule has 1 aliphatic rings. The van der Waals surface area contributed by atoms with Gasteiger partial charge in [-0.25, -0.2) is 0 Å². The van der Waals surface area contributed by atoms with Gasteiger partial charge in [0.05, 0.1) is 0 Å². The molecule has 0 radical (unpaired) electrons. The Kier molecular flexibility index (Phi) is 4.23. The van der Waals surface area contributed by atoms with Crippen molar-refractivity contribution in [2.24, 2.45) is 0 Å². The lowest BCUT2D eigenvalue weighted by atomic mass is 10.1. The lowest BCUT2D eigenvalue weighted by molar-refractivity contribution is 0.0628. The van der Waals surface area contributed by atoms with Crippen molar-refractivity contribution in [1.29, 1.82) is 0 Å². The second-order valence-electron chi connectivity index (χ2n) is 4.20. The number of carbonyl (C=O) groups excluding carboxylic acids is 1. The molecule has 0 aromatic carbocycles. The van der Waals surface area contributed by atoms with Gasteiger partial charge in [-0.2, -0.15) is 0 Å². The average Bonchev–Trinajstić information content (AvgIpc) is 2.78. The summed E-state index contributed by atoms with van der Waals surface area (Å²) in [5, 5.41) is 3.33. The topological polar surface area (TPSA) is 45.5 Å². The van der Waals surface area contributed by atoms with E-state index in [1.807, 2.05) is 11.8 Å². The Morgan fingerprint density at radius 3 is 3.00 bits per heavy atom. The number of hydrogen-bond donors (Lipinski definition) is 1. The van der Waals surface area contributed by atoms with Crippen molar-refractivity contribution in [2.45, 2.75) is 25.8 Å². The maximum atomic E-state index is 12.3. The molecule has 1 fully saturated rings. The second-order valence-corrected chi connectivity index (χ2v) is 4.98. The van der Waals surface area contributed by atoms with E-state index < -0.39 is 0 Å². The van der Waals surface area contributed by atoms with Crippen LogP contribution in [0.2, 0.25) is 0 Å². The van der Waals surface area contributed by atoms with Gasteiger partial charge in [0.25, 0.3) is 5.91 Å². The Hall–Kier alpha value is -0.810. The first kappa shape index (κ1) is 12.6. The van der Waals surface area contributed by atoms with Crippen molar-refractivity contribution in [3.05, 3.63) is 22.6 Å². The van der Waals surface area contributed by atoms with Crippen LogP contribution >= 0.6 is 15.9 Å². The lowest BCUT2D eigenvalue weighted by Crippen LogP contribution is -2.48. The van der Waals surface area contributed by atoms with Crippen molar-refractivity contribution >= 4 is 21.8 Å². The number of carbonyl (C=O) groups is 1.